The minimum Gasteiger partial charge on any atom is -0.450 e. The van der Waals surface area contributed by atoms with E-state index in [1.807, 2.05) is 18.2 Å². The molecule has 0 unspecified atom stereocenters. The molecule has 0 amide bonds. The number of aromatic nitrogens is 3. The van der Waals surface area contributed by atoms with Crippen molar-refractivity contribution in [3.63, 3.8) is 0 Å². The van der Waals surface area contributed by atoms with Gasteiger partial charge >= 0.3 is 0 Å². The molecule has 0 N–H and O–H groups in total. The van der Waals surface area contributed by atoms with Crippen LogP contribution in [0.2, 0.25) is 0 Å². The molecule has 0 aliphatic carbocycles. The summed E-state index contributed by atoms with van der Waals surface area (Å²) in [5.41, 5.74) is 2.46. The van der Waals surface area contributed by atoms with Gasteiger partial charge in [-0.05, 0) is 28.1 Å². The highest BCUT2D eigenvalue weighted by Crippen LogP contribution is 2.33. The van der Waals surface area contributed by atoms with Crippen LogP contribution in [0.5, 0.6) is 0 Å². The van der Waals surface area contributed by atoms with Crippen LogP contribution in [-0.4, -0.2) is 41.3 Å². The second kappa shape index (κ2) is 5.66. The molecule has 0 spiro atoms. The van der Waals surface area contributed by atoms with Gasteiger partial charge in [-0.1, -0.05) is 0 Å². The van der Waals surface area contributed by atoms with Crippen molar-refractivity contribution in [2.24, 2.45) is 0 Å². The highest BCUT2D eigenvalue weighted by atomic mass is 79.9. The Balaban J connectivity index is 1.84. The second-order valence-corrected chi connectivity index (χ2v) is 5.69. The summed E-state index contributed by atoms with van der Waals surface area (Å²) < 4.78 is 12.0. The predicted octanol–water partition coefficient (Wildman–Crippen LogP) is 2.88. The predicted molar refractivity (Wildman–Crippen MR) is 85.8 cm³/mol. The van der Waals surface area contributed by atoms with Crippen LogP contribution in [0.25, 0.3) is 22.4 Å². The zero-order valence-corrected chi connectivity index (χ0v) is 13.3. The van der Waals surface area contributed by atoms with E-state index in [0.29, 0.717) is 23.5 Å². The van der Waals surface area contributed by atoms with Crippen molar-refractivity contribution < 1.29 is 9.15 Å². The van der Waals surface area contributed by atoms with E-state index in [1.54, 1.807) is 12.4 Å². The van der Waals surface area contributed by atoms with Crippen molar-refractivity contribution in [3.05, 3.63) is 35.3 Å². The highest BCUT2D eigenvalue weighted by molar-refractivity contribution is 9.10. The summed E-state index contributed by atoms with van der Waals surface area (Å²) in [5.74, 6) is 1.57. The summed E-state index contributed by atoms with van der Waals surface area (Å²) in [6, 6.07) is 5.75. The van der Waals surface area contributed by atoms with Crippen molar-refractivity contribution in [2.75, 3.05) is 31.2 Å². The minimum atomic E-state index is 0.559. The van der Waals surface area contributed by atoms with E-state index in [2.05, 4.69) is 35.8 Å². The molecule has 1 aliphatic rings. The standard InChI is InChI=1S/C15H13BrN4O2/c16-15-18-11-9-12(10-1-3-17-4-2-10)22-13(11)14(19-15)20-5-7-21-8-6-20/h1-4,9H,5-8H2. The van der Waals surface area contributed by atoms with E-state index in [0.717, 1.165) is 35.7 Å². The molecule has 3 aromatic rings. The first-order valence-corrected chi connectivity index (χ1v) is 7.81. The Bertz CT molecular complexity index is 800. The molecule has 0 radical (unpaired) electrons. The van der Waals surface area contributed by atoms with Crippen molar-refractivity contribution in [1.82, 2.24) is 15.0 Å². The molecule has 7 heteroatoms. The van der Waals surface area contributed by atoms with E-state index in [4.69, 9.17) is 9.15 Å². The average molecular weight is 361 g/mol. The lowest BCUT2D eigenvalue weighted by molar-refractivity contribution is 0.122. The van der Waals surface area contributed by atoms with Crippen LogP contribution in [0.1, 0.15) is 0 Å². The molecule has 6 nitrogen and oxygen atoms in total. The third-order valence-corrected chi connectivity index (χ3v) is 3.96. The van der Waals surface area contributed by atoms with E-state index < -0.39 is 0 Å². The van der Waals surface area contributed by atoms with Crippen LogP contribution >= 0.6 is 15.9 Å². The van der Waals surface area contributed by atoms with Gasteiger partial charge in [0.25, 0.3) is 0 Å². The number of hydrogen-bond acceptors (Lipinski definition) is 6. The Morgan fingerprint density at radius 2 is 1.86 bits per heavy atom. The van der Waals surface area contributed by atoms with Gasteiger partial charge in [-0.25, -0.2) is 9.97 Å². The molecule has 4 rings (SSSR count). The van der Waals surface area contributed by atoms with E-state index >= 15 is 0 Å². The van der Waals surface area contributed by atoms with Gasteiger partial charge < -0.3 is 14.1 Å². The van der Waals surface area contributed by atoms with Crippen molar-refractivity contribution >= 4 is 32.8 Å². The molecule has 0 atom stereocenters. The second-order valence-electron chi connectivity index (χ2n) is 4.98. The fourth-order valence-electron chi connectivity index (χ4n) is 2.54. The molecule has 1 aliphatic heterocycles. The van der Waals surface area contributed by atoms with Gasteiger partial charge in [0.15, 0.2) is 16.1 Å². The summed E-state index contributed by atoms with van der Waals surface area (Å²) in [7, 11) is 0. The molecule has 0 saturated carbocycles. The smallest absolute Gasteiger partial charge is 0.199 e. The quantitative estimate of drug-likeness (QED) is 0.654. The number of halogens is 1. The molecular formula is C15H13BrN4O2. The van der Waals surface area contributed by atoms with Crippen LogP contribution in [0.4, 0.5) is 5.82 Å². The monoisotopic (exact) mass is 360 g/mol. The summed E-state index contributed by atoms with van der Waals surface area (Å²) in [5, 5.41) is 0. The zero-order valence-electron chi connectivity index (χ0n) is 11.7. The Morgan fingerprint density at radius 3 is 2.64 bits per heavy atom. The number of furan rings is 1. The molecule has 0 aromatic carbocycles. The Morgan fingerprint density at radius 1 is 1.09 bits per heavy atom. The van der Waals surface area contributed by atoms with Crippen molar-refractivity contribution in [1.29, 1.82) is 0 Å². The normalized spacial score (nSPS) is 15.4. The Hall–Kier alpha value is -1.99. The van der Waals surface area contributed by atoms with Crippen molar-refractivity contribution in [3.8, 4) is 11.3 Å². The number of fused-ring (bicyclic) bond motifs is 1. The summed E-state index contributed by atoms with van der Waals surface area (Å²) in [6.45, 7) is 2.98. The summed E-state index contributed by atoms with van der Waals surface area (Å²) >= 11 is 3.38. The van der Waals surface area contributed by atoms with Crippen LogP contribution < -0.4 is 4.90 Å². The molecule has 112 valence electrons. The number of anilines is 1. The first-order valence-electron chi connectivity index (χ1n) is 7.01. The van der Waals surface area contributed by atoms with Gasteiger partial charge in [0.2, 0.25) is 0 Å². The molecule has 3 aromatic heterocycles. The van der Waals surface area contributed by atoms with Gasteiger partial charge in [-0.15, -0.1) is 0 Å². The lowest BCUT2D eigenvalue weighted by Crippen LogP contribution is -2.36. The third kappa shape index (κ3) is 2.46. The molecule has 1 fully saturated rings. The van der Waals surface area contributed by atoms with Crippen LogP contribution in [0.3, 0.4) is 0 Å². The molecular weight excluding hydrogens is 348 g/mol. The SMILES string of the molecule is Brc1nc(N2CCOCC2)c2oc(-c3ccncc3)cc2n1. The number of morpholine rings is 1. The summed E-state index contributed by atoms with van der Waals surface area (Å²) in [4.78, 5) is 15.1. The van der Waals surface area contributed by atoms with E-state index in [9.17, 15) is 0 Å². The van der Waals surface area contributed by atoms with Gasteiger partial charge in [0.05, 0.1) is 13.2 Å². The first-order chi connectivity index (χ1) is 10.8. The number of rotatable bonds is 2. The maximum atomic E-state index is 6.04. The largest absolute Gasteiger partial charge is 0.450 e. The minimum absolute atomic E-state index is 0.559. The first kappa shape index (κ1) is 13.7. The maximum Gasteiger partial charge on any atom is 0.199 e. The summed E-state index contributed by atoms with van der Waals surface area (Å²) in [6.07, 6.45) is 3.49. The highest BCUT2D eigenvalue weighted by Gasteiger charge is 2.20. The zero-order chi connectivity index (χ0) is 14.9. The molecule has 0 bridgehead atoms. The lowest BCUT2D eigenvalue weighted by atomic mass is 10.2. The number of hydrogen-bond donors (Lipinski definition) is 0. The van der Waals surface area contributed by atoms with Crippen LogP contribution in [-0.2, 0) is 4.74 Å². The van der Waals surface area contributed by atoms with Crippen LogP contribution in [0, 0.1) is 0 Å². The Kier molecular flexibility index (Phi) is 3.51. The molecule has 22 heavy (non-hydrogen) atoms. The number of nitrogens with zero attached hydrogens (tertiary/aromatic N) is 4. The topological polar surface area (TPSA) is 64.3 Å². The number of ether oxygens (including phenoxy) is 1. The fraction of sp³-hybridized carbons (Fsp3) is 0.267. The molecule has 1 saturated heterocycles. The number of pyridine rings is 1. The van der Waals surface area contributed by atoms with Gasteiger partial charge in [0.1, 0.15) is 11.3 Å². The lowest BCUT2D eigenvalue weighted by Gasteiger charge is -2.27. The maximum absolute atomic E-state index is 6.04. The fourth-order valence-corrected chi connectivity index (χ4v) is 2.89. The van der Waals surface area contributed by atoms with Gasteiger partial charge in [0, 0.05) is 37.1 Å². The Labute approximate surface area is 135 Å². The van der Waals surface area contributed by atoms with Gasteiger partial charge in [-0.3, -0.25) is 4.98 Å². The van der Waals surface area contributed by atoms with Crippen molar-refractivity contribution in [2.45, 2.75) is 0 Å². The molecule has 4 heterocycles. The van der Waals surface area contributed by atoms with Gasteiger partial charge in [-0.2, -0.15) is 0 Å². The van der Waals surface area contributed by atoms with Crippen LogP contribution in [0.15, 0.2) is 39.7 Å². The van der Waals surface area contributed by atoms with E-state index in [-0.39, 0.29) is 0 Å². The van der Waals surface area contributed by atoms with E-state index in [1.165, 1.54) is 0 Å². The third-order valence-electron chi connectivity index (χ3n) is 3.60. The average Bonchev–Trinajstić information content (AvgIpc) is 2.99.